The number of aryl methyl sites for hydroxylation is 1. The first-order valence-electron chi connectivity index (χ1n) is 7.30. The first-order valence-corrected chi connectivity index (χ1v) is 7.30. The molecule has 0 aliphatic carbocycles. The zero-order valence-electron chi connectivity index (χ0n) is 13.6. The highest BCUT2D eigenvalue weighted by Gasteiger charge is 2.31. The molecule has 2 N–H and O–H groups in total. The summed E-state index contributed by atoms with van der Waals surface area (Å²) in [6.45, 7) is 0.219. The van der Waals surface area contributed by atoms with E-state index in [1.54, 1.807) is 17.0 Å². The Labute approximate surface area is 138 Å². The summed E-state index contributed by atoms with van der Waals surface area (Å²) in [6.07, 6.45) is 1.36. The van der Waals surface area contributed by atoms with Gasteiger partial charge in [-0.2, -0.15) is 0 Å². The fraction of sp³-hybridized carbons (Fsp3) is 0.308. The second-order valence-corrected chi connectivity index (χ2v) is 5.81. The van der Waals surface area contributed by atoms with Gasteiger partial charge in [-0.25, -0.2) is 24.3 Å². The van der Waals surface area contributed by atoms with E-state index in [1.165, 1.54) is 29.7 Å². The van der Waals surface area contributed by atoms with E-state index in [0.717, 1.165) is 4.57 Å². The van der Waals surface area contributed by atoms with Crippen LogP contribution in [0.5, 0.6) is 0 Å². The fourth-order valence-electron chi connectivity index (χ4n) is 2.96. The molecule has 0 fully saturated rings. The maximum atomic E-state index is 12.4. The molecule has 0 radical (unpaired) electrons. The van der Waals surface area contributed by atoms with Gasteiger partial charge in [0.1, 0.15) is 18.7 Å². The summed E-state index contributed by atoms with van der Waals surface area (Å²) in [5.74, 6) is 0.266. The number of hydrogen-bond acceptors (Lipinski definition) is 7. The Balaban J connectivity index is 2.06. The van der Waals surface area contributed by atoms with E-state index in [4.69, 9.17) is 0 Å². The van der Waals surface area contributed by atoms with Gasteiger partial charge >= 0.3 is 11.4 Å². The van der Waals surface area contributed by atoms with Gasteiger partial charge in [0.15, 0.2) is 17.0 Å². The van der Waals surface area contributed by atoms with Crippen LogP contribution in [0.2, 0.25) is 0 Å². The SMILES string of the molecule is CN1CN(n2cnc3c(=O)[nH]c(=O)n(C)c32)c2[nH]c(=O)n(C)c(=O)c21. The number of hydrogen-bond donors (Lipinski definition) is 2. The molecule has 130 valence electrons. The van der Waals surface area contributed by atoms with Crippen molar-refractivity contribution in [1.29, 1.82) is 0 Å². The van der Waals surface area contributed by atoms with E-state index in [-0.39, 0.29) is 23.7 Å². The molecule has 1 aliphatic heterocycles. The van der Waals surface area contributed by atoms with Crippen LogP contribution < -0.4 is 32.4 Å². The molecule has 25 heavy (non-hydrogen) atoms. The van der Waals surface area contributed by atoms with Gasteiger partial charge in [-0.05, 0) is 0 Å². The second-order valence-electron chi connectivity index (χ2n) is 5.81. The van der Waals surface area contributed by atoms with E-state index in [2.05, 4.69) is 15.0 Å². The molecule has 0 amide bonds. The highest BCUT2D eigenvalue weighted by Crippen LogP contribution is 2.29. The Hall–Kier alpha value is -3.57. The summed E-state index contributed by atoms with van der Waals surface area (Å²) in [5.41, 5.74) is -1.59. The van der Waals surface area contributed by atoms with Crippen molar-refractivity contribution in [3.8, 4) is 0 Å². The van der Waals surface area contributed by atoms with Crippen LogP contribution in [0.1, 0.15) is 0 Å². The van der Waals surface area contributed by atoms with Crippen LogP contribution in [-0.4, -0.2) is 42.5 Å². The van der Waals surface area contributed by atoms with Crippen molar-refractivity contribution in [2.75, 3.05) is 23.6 Å². The van der Waals surface area contributed by atoms with Gasteiger partial charge in [0.05, 0.1) is 0 Å². The normalized spacial score (nSPS) is 13.7. The fourth-order valence-corrected chi connectivity index (χ4v) is 2.96. The third kappa shape index (κ3) is 1.84. The molecule has 4 heterocycles. The van der Waals surface area contributed by atoms with Crippen molar-refractivity contribution < 1.29 is 0 Å². The number of aromatic amines is 2. The molecule has 0 unspecified atom stereocenters. The van der Waals surface area contributed by atoms with Gasteiger partial charge in [-0.3, -0.25) is 28.7 Å². The number of H-pyrrole nitrogens is 2. The summed E-state index contributed by atoms with van der Waals surface area (Å²) in [5, 5.41) is 1.56. The van der Waals surface area contributed by atoms with Crippen LogP contribution >= 0.6 is 0 Å². The monoisotopic (exact) mass is 346 g/mol. The quantitative estimate of drug-likeness (QED) is 0.497. The molecule has 0 atom stereocenters. The topological polar surface area (TPSA) is 134 Å². The highest BCUT2D eigenvalue weighted by atomic mass is 16.2. The molecule has 3 aromatic rings. The first kappa shape index (κ1) is 15.0. The van der Waals surface area contributed by atoms with E-state index >= 15 is 0 Å². The molecule has 0 bridgehead atoms. The van der Waals surface area contributed by atoms with Gasteiger partial charge in [-0.15, -0.1) is 0 Å². The Bertz CT molecular complexity index is 1260. The lowest BCUT2D eigenvalue weighted by molar-refractivity contribution is 0.688. The predicted octanol–water partition coefficient (Wildman–Crippen LogP) is -2.51. The van der Waals surface area contributed by atoms with E-state index in [0.29, 0.717) is 5.69 Å². The molecule has 0 saturated carbocycles. The Kier molecular flexibility index (Phi) is 2.83. The predicted molar refractivity (Wildman–Crippen MR) is 89.0 cm³/mol. The number of rotatable bonds is 1. The van der Waals surface area contributed by atoms with Gasteiger partial charge in [0, 0.05) is 21.1 Å². The third-order valence-corrected chi connectivity index (χ3v) is 4.29. The van der Waals surface area contributed by atoms with Gasteiger partial charge in [-0.1, -0.05) is 0 Å². The molecular weight excluding hydrogens is 332 g/mol. The van der Waals surface area contributed by atoms with Crippen LogP contribution in [0.3, 0.4) is 0 Å². The maximum absolute atomic E-state index is 12.4. The summed E-state index contributed by atoms with van der Waals surface area (Å²) >= 11 is 0. The number of anilines is 2. The third-order valence-electron chi connectivity index (χ3n) is 4.29. The number of nitrogens with zero attached hydrogens (tertiary/aromatic N) is 6. The Morgan fingerprint density at radius 1 is 1.00 bits per heavy atom. The summed E-state index contributed by atoms with van der Waals surface area (Å²) in [6, 6.07) is 0. The molecule has 12 heteroatoms. The lowest BCUT2D eigenvalue weighted by atomic mass is 10.4. The van der Waals surface area contributed by atoms with Crippen molar-refractivity contribution >= 4 is 22.7 Å². The summed E-state index contributed by atoms with van der Waals surface area (Å²) in [4.78, 5) is 58.8. The summed E-state index contributed by atoms with van der Waals surface area (Å²) in [7, 11) is 4.57. The van der Waals surface area contributed by atoms with Crippen molar-refractivity contribution in [1.82, 2.24) is 28.8 Å². The smallest absolute Gasteiger partial charge is 0.329 e. The lowest BCUT2D eigenvalue weighted by Gasteiger charge is -2.20. The van der Waals surface area contributed by atoms with Crippen LogP contribution in [0.4, 0.5) is 11.5 Å². The Morgan fingerprint density at radius 3 is 2.40 bits per heavy atom. The van der Waals surface area contributed by atoms with Gasteiger partial charge in [0.25, 0.3) is 11.1 Å². The summed E-state index contributed by atoms with van der Waals surface area (Å²) < 4.78 is 3.68. The first-order chi connectivity index (χ1) is 11.8. The molecule has 0 saturated heterocycles. The Morgan fingerprint density at radius 2 is 1.68 bits per heavy atom. The largest absolute Gasteiger partial charge is 0.348 e. The number of nitrogens with one attached hydrogen (secondary N) is 2. The highest BCUT2D eigenvalue weighted by molar-refractivity contribution is 5.75. The van der Waals surface area contributed by atoms with E-state index in [1.807, 2.05) is 0 Å². The molecule has 3 aromatic heterocycles. The zero-order valence-corrected chi connectivity index (χ0v) is 13.6. The number of fused-ring (bicyclic) bond motifs is 2. The van der Waals surface area contributed by atoms with Crippen LogP contribution in [0.25, 0.3) is 11.2 Å². The molecule has 12 nitrogen and oxygen atoms in total. The van der Waals surface area contributed by atoms with Crippen molar-refractivity contribution in [3.05, 3.63) is 48.0 Å². The van der Waals surface area contributed by atoms with Crippen molar-refractivity contribution in [2.45, 2.75) is 0 Å². The minimum absolute atomic E-state index is 0.0735. The average Bonchev–Trinajstić information content (AvgIpc) is 3.12. The molecule has 4 rings (SSSR count). The standard InChI is InChI=1S/C13H14N8O4/c1-17-5-21(8-7(17)11(23)19(3)12(24)15-8)20-4-14-6-9(22)16-13(25)18(2)10(6)20/h4H,5H2,1-3H3,(H,15,24)(H,16,22,25). The van der Waals surface area contributed by atoms with E-state index in [9.17, 15) is 19.2 Å². The zero-order chi connectivity index (χ0) is 18.0. The van der Waals surface area contributed by atoms with Crippen LogP contribution in [0.15, 0.2) is 25.5 Å². The van der Waals surface area contributed by atoms with Crippen LogP contribution in [0, 0.1) is 0 Å². The van der Waals surface area contributed by atoms with E-state index < -0.39 is 22.5 Å². The van der Waals surface area contributed by atoms with Gasteiger partial charge < -0.3 is 4.90 Å². The minimum Gasteiger partial charge on any atom is -0.348 e. The minimum atomic E-state index is -0.609. The second kappa shape index (κ2) is 4.72. The average molecular weight is 346 g/mol. The molecule has 1 aliphatic rings. The van der Waals surface area contributed by atoms with Crippen LogP contribution in [-0.2, 0) is 14.1 Å². The molecule has 0 aromatic carbocycles. The molecular formula is C13H14N8O4. The van der Waals surface area contributed by atoms with Crippen molar-refractivity contribution in [3.63, 3.8) is 0 Å². The maximum Gasteiger partial charge on any atom is 0.329 e. The lowest BCUT2D eigenvalue weighted by Crippen LogP contribution is -2.36. The van der Waals surface area contributed by atoms with Gasteiger partial charge in [0.2, 0.25) is 0 Å². The molecule has 0 spiro atoms. The number of aromatic nitrogens is 6. The van der Waals surface area contributed by atoms with Crippen molar-refractivity contribution in [2.24, 2.45) is 14.1 Å². The number of imidazole rings is 1.